The first-order valence-electron chi connectivity index (χ1n) is 7.55. The fourth-order valence-corrected chi connectivity index (χ4v) is 3.12. The van der Waals surface area contributed by atoms with Gasteiger partial charge in [-0.25, -0.2) is 0 Å². The van der Waals surface area contributed by atoms with Gasteiger partial charge in [-0.2, -0.15) is 0 Å². The van der Waals surface area contributed by atoms with Gasteiger partial charge in [0.25, 0.3) is 0 Å². The quantitative estimate of drug-likeness (QED) is 0.704. The van der Waals surface area contributed by atoms with Crippen LogP contribution < -0.4 is 0 Å². The van der Waals surface area contributed by atoms with Gasteiger partial charge in [0.15, 0.2) is 0 Å². The smallest absolute Gasteiger partial charge is 0.147 e. The number of fused-ring (bicyclic) bond motifs is 1. The molecule has 1 heterocycles. The van der Waals surface area contributed by atoms with Gasteiger partial charge in [0.1, 0.15) is 22.5 Å². The maximum absolute atomic E-state index is 10.8. The average Bonchev–Trinajstić information content (AvgIpc) is 2.84. The Morgan fingerprint density at radius 3 is 2.35 bits per heavy atom. The third-order valence-electron chi connectivity index (χ3n) is 4.11. The normalized spacial score (nSPS) is 12.1. The molecule has 2 aromatic carbocycles. The van der Waals surface area contributed by atoms with Gasteiger partial charge in [0, 0.05) is 10.6 Å². The van der Waals surface area contributed by atoms with Crippen LogP contribution in [0.15, 0.2) is 24.3 Å². The molecule has 0 fully saturated rings. The van der Waals surface area contributed by atoms with Gasteiger partial charge in [-0.15, -0.1) is 15.0 Å². The van der Waals surface area contributed by atoms with Crippen LogP contribution in [0, 0.1) is 13.8 Å². The highest BCUT2D eigenvalue weighted by molar-refractivity contribution is 6.31. The lowest BCUT2D eigenvalue weighted by Crippen LogP contribution is -2.16. The highest BCUT2D eigenvalue weighted by Gasteiger charge is 2.25. The summed E-state index contributed by atoms with van der Waals surface area (Å²) in [6, 6.07) is 7.29. The SMILES string of the molecule is Cc1cc(-n2nc3ccc(Cl)cc3n2)c(O)c(C(C)(C)C)c1C. The van der Waals surface area contributed by atoms with Crippen molar-refractivity contribution in [2.75, 3.05) is 0 Å². The highest BCUT2D eigenvalue weighted by atomic mass is 35.5. The van der Waals surface area contributed by atoms with Crippen molar-refractivity contribution in [3.63, 3.8) is 0 Å². The monoisotopic (exact) mass is 329 g/mol. The number of aromatic nitrogens is 3. The number of hydrogen-bond donors (Lipinski definition) is 1. The number of halogens is 1. The molecule has 0 unspecified atom stereocenters. The zero-order chi connectivity index (χ0) is 16.9. The molecule has 0 saturated carbocycles. The molecule has 0 aliphatic carbocycles. The second-order valence-corrected chi connectivity index (χ2v) is 7.37. The van der Waals surface area contributed by atoms with Gasteiger partial charge in [0.2, 0.25) is 0 Å². The van der Waals surface area contributed by atoms with Crippen molar-refractivity contribution in [1.29, 1.82) is 0 Å². The van der Waals surface area contributed by atoms with Gasteiger partial charge in [0.05, 0.1) is 0 Å². The molecule has 0 saturated heterocycles. The summed E-state index contributed by atoms with van der Waals surface area (Å²) in [7, 11) is 0. The summed E-state index contributed by atoms with van der Waals surface area (Å²) in [5.74, 6) is 0.229. The van der Waals surface area contributed by atoms with Crippen LogP contribution in [0.4, 0.5) is 0 Å². The van der Waals surface area contributed by atoms with Gasteiger partial charge in [-0.3, -0.25) is 0 Å². The molecule has 0 atom stereocenters. The zero-order valence-electron chi connectivity index (χ0n) is 14.0. The Hall–Kier alpha value is -2.07. The average molecular weight is 330 g/mol. The van der Waals surface area contributed by atoms with E-state index >= 15 is 0 Å². The Bertz CT molecular complexity index is 907. The van der Waals surface area contributed by atoms with E-state index in [0.29, 0.717) is 16.2 Å². The van der Waals surface area contributed by atoms with E-state index in [-0.39, 0.29) is 11.2 Å². The first-order valence-corrected chi connectivity index (χ1v) is 7.93. The molecule has 0 bridgehead atoms. The first kappa shape index (κ1) is 15.8. The summed E-state index contributed by atoms with van der Waals surface area (Å²) in [4.78, 5) is 1.48. The predicted molar refractivity (Wildman–Crippen MR) is 93.7 cm³/mol. The number of benzene rings is 2. The maximum Gasteiger partial charge on any atom is 0.147 e. The van der Waals surface area contributed by atoms with Crippen LogP contribution in [-0.2, 0) is 5.41 Å². The van der Waals surface area contributed by atoms with Gasteiger partial charge < -0.3 is 5.11 Å². The molecule has 3 aromatic rings. The van der Waals surface area contributed by atoms with E-state index in [2.05, 4.69) is 31.0 Å². The van der Waals surface area contributed by atoms with Crippen LogP contribution in [0.25, 0.3) is 16.7 Å². The van der Waals surface area contributed by atoms with Gasteiger partial charge in [-0.05, 0) is 54.7 Å². The fraction of sp³-hybridized carbons (Fsp3) is 0.333. The molecule has 3 rings (SSSR count). The van der Waals surface area contributed by atoms with E-state index in [9.17, 15) is 5.11 Å². The zero-order valence-corrected chi connectivity index (χ0v) is 14.7. The lowest BCUT2D eigenvalue weighted by molar-refractivity contribution is 0.438. The number of aromatic hydroxyl groups is 1. The third-order valence-corrected chi connectivity index (χ3v) is 4.34. The molecule has 5 heteroatoms. The lowest BCUT2D eigenvalue weighted by Gasteiger charge is -2.25. The molecule has 0 spiro atoms. The van der Waals surface area contributed by atoms with E-state index in [1.807, 2.05) is 26.0 Å². The lowest BCUT2D eigenvalue weighted by atomic mass is 9.81. The van der Waals surface area contributed by atoms with E-state index in [1.165, 1.54) is 4.80 Å². The molecule has 0 aliphatic rings. The van der Waals surface area contributed by atoms with E-state index in [0.717, 1.165) is 22.2 Å². The summed E-state index contributed by atoms with van der Waals surface area (Å²) in [5, 5.41) is 20.4. The van der Waals surface area contributed by atoms with Crippen molar-refractivity contribution in [3.05, 3.63) is 46.0 Å². The fourth-order valence-electron chi connectivity index (χ4n) is 2.95. The molecule has 23 heavy (non-hydrogen) atoms. The predicted octanol–water partition coefficient (Wildman–Crippen LogP) is 4.69. The van der Waals surface area contributed by atoms with E-state index < -0.39 is 0 Å². The maximum atomic E-state index is 10.8. The summed E-state index contributed by atoms with van der Waals surface area (Å²) in [5.41, 5.74) is 4.97. The number of phenolic OH excluding ortho intramolecular Hbond substituents is 1. The van der Waals surface area contributed by atoms with Crippen LogP contribution in [0.3, 0.4) is 0 Å². The van der Waals surface area contributed by atoms with Crippen molar-refractivity contribution in [3.8, 4) is 11.4 Å². The van der Waals surface area contributed by atoms with Crippen molar-refractivity contribution in [2.24, 2.45) is 0 Å². The highest BCUT2D eigenvalue weighted by Crippen LogP contribution is 2.39. The molecule has 0 amide bonds. The third kappa shape index (κ3) is 2.68. The summed E-state index contributed by atoms with van der Waals surface area (Å²) in [6.07, 6.45) is 0. The van der Waals surface area contributed by atoms with Crippen LogP contribution in [0.1, 0.15) is 37.5 Å². The Balaban J connectivity index is 2.28. The van der Waals surface area contributed by atoms with Crippen molar-refractivity contribution < 1.29 is 5.11 Å². The number of nitrogens with zero attached hydrogens (tertiary/aromatic N) is 3. The first-order chi connectivity index (χ1) is 10.7. The summed E-state index contributed by atoms with van der Waals surface area (Å²) >= 11 is 6.01. The Kier molecular flexibility index (Phi) is 3.60. The minimum absolute atomic E-state index is 0.176. The molecule has 4 nitrogen and oxygen atoms in total. The van der Waals surface area contributed by atoms with Crippen LogP contribution in [0.5, 0.6) is 5.75 Å². The van der Waals surface area contributed by atoms with Crippen molar-refractivity contribution in [2.45, 2.75) is 40.0 Å². The Labute approximate surface area is 140 Å². The molecule has 1 N–H and O–H groups in total. The van der Waals surface area contributed by atoms with Crippen molar-refractivity contribution >= 4 is 22.6 Å². The van der Waals surface area contributed by atoms with Gasteiger partial charge >= 0.3 is 0 Å². The topological polar surface area (TPSA) is 50.9 Å². The van der Waals surface area contributed by atoms with Crippen LogP contribution >= 0.6 is 11.6 Å². The second kappa shape index (κ2) is 5.24. The molecular weight excluding hydrogens is 310 g/mol. The molecule has 0 radical (unpaired) electrons. The Morgan fingerprint density at radius 2 is 1.70 bits per heavy atom. The summed E-state index contributed by atoms with van der Waals surface area (Å²) in [6.45, 7) is 10.3. The second-order valence-electron chi connectivity index (χ2n) is 6.93. The standard InChI is InChI=1S/C18H20ClN3O/c1-10-8-15(17(23)16(11(10)2)18(3,4)5)22-20-13-7-6-12(19)9-14(13)21-22/h6-9,23H,1-5H3. The summed E-state index contributed by atoms with van der Waals surface area (Å²) < 4.78 is 0. The number of rotatable bonds is 1. The number of aryl methyl sites for hydroxylation is 1. The number of hydrogen-bond acceptors (Lipinski definition) is 3. The van der Waals surface area contributed by atoms with Crippen LogP contribution in [0.2, 0.25) is 5.02 Å². The van der Waals surface area contributed by atoms with E-state index in [4.69, 9.17) is 11.6 Å². The largest absolute Gasteiger partial charge is 0.505 e. The van der Waals surface area contributed by atoms with Crippen molar-refractivity contribution in [1.82, 2.24) is 15.0 Å². The molecule has 120 valence electrons. The Morgan fingerprint density at radius 1 is 1.04 bits per heavy atom. The minimum atomic E-state index is -0.176. The number of phenols is 1. The van der Waals surface area contributed by atoms with E-state index in [1.54, 1.807) is 12.1 Å². The molecular formula is C18H20ClN3O. The molecule has 1 aromatic heterocycles. The molecule has 0 aliphatic heterocycles. The van der Waals surface area contributed by atoms with Gasteiger partial charge in [-0.1, -0.05) is 32.4 Å². The van der Waals surface area contributed by atoms with Crippen LogP contribution in [-0.4, -0.2) is 20.1 Å². The minimum Gasteiger partial charge on any atom is -0.505 e.